The largest absolute Gasteiger partial charge is 0.425 e. The third-order valence-corrected chi connectivity index (χ3v) is 4.67. The second kappa shape index (κ2) is 6.15. The molecule has 3 aliphatic heterocycles. The number of ether oxygens (including phenoxy) is 6. The fourth-order valence-electron chi connectivity index (χ4n) is 3.48. The van der Waals surface area contributed by atoms with Crippen molar-refractivity contribution in [1.82, 2.24) is 0 Å². The second-order valence-corrected chi connectivity index (χ2v) is 7.90. The first-order chi connectivity index (χ1) is 12.1. The molecule has 0 N–H and O–H groups in total. The number of rotatable bonds is 2. The predicted octanol–water partition coefficient (Wildman–Crippen LogP) is 2.64. The van der Waals surface area contributed by atoms with E-state index in [0.29, 0.717) is 10.8 Å². The molecule has 0 aromatic heterocycles. The Bertz CT molecular complexity index is 702. The average Bonchev–Trinajstić information content (AvgIpc) is 3.02. The second-order valence-electron chi connectivity index (χ2n) is 7.47. The normalized spacial score (nSPS) is 37.0. The number of esters is 1. The smallest absolute Gasteiger partial charge is 0.343 e. The third-order valence-electron chi connectivity index (χ3n) is 4.42. The summed E-state index contributed by atoms with van der Waals surface area (Å²) in [6, 6.07) is 6.49. The molecule has 3 heterocycles. The molecular formula is C18H21ClO7. The van der Waals surface area contributed by atoms with Crippen LogP contribution in [0, 0.1) is 0 Å². The van der Waals surface area contributed by atoms with Crippen molar-refractivity contribution in [1.29, 1.82) is 0 Å². The molecule has 0 bridgehead atoms. The maximum Gasteiger partial charge on any atom is 0.343 e. The van der Waals surface area contributed by atoms with Crippen LogP contribution in [0.15, 0.2) is 24.3 Å². The highest BCUT2D eigenvalue weighted by Gasteiger charge is 2.62. The molecule has 0 radical (unpaired) electrons. The van der Waals surface area contributed by atoms with E-state index in [1.54, 1.807) is 52.0 Å². The summed E-state index contributed by atoms with van der Waals surface area (Å²) in [4.78, 5) is 12.7. The molecule has 26 heavy (non-hydrogen) atoms. The van der Waals surface area contributed by atoms with E-state index in [9.17, 15) is 4.79 Å². The lowest BCUT2D eigenvalue weighted by Crippen LogP contribution is -2.58. The van der Waals surface area contributed by atoms with Gasteiger partial charge in [0, 0.05) is 5.02 Å². The molecule has 1 aromatic rings. The Morgan fingerprint density at radius 1 is 0.923 bits per heavy atom. The zero-order chi connectivity index (χ0) is 18.7. The van der Waals surface area contributed by atoms with Crippen molar-refractivity contribution in [3.63, 3.8) is 0 Å². The zero-order valence-electron chi connectivity index (χ0n) is 14.9. The summed E-state index contributed by atoms with van der Waals surface area (Å²) >= 11 is 5.86. The van der Waals surface area contributed by atoms with E-state index in [-0.39, 0.29) is 0 Å². The van der Waals surface area contributed by atoms with Crippen LogP contribution in [0.5, 0.6) is 5.75 Å². The maximum absolute atomic E-state index is 12.7. The summed E-state index contributed by atoms with van der Waals surface area (Å²) in [5, 5.41) is 0.551. The molecule has 0 aliphatic carbocycles. The Balaban J connectivity index is 1.57. The van der Waals surface area contributed by atoms with Gasteiger partial charge >= 0.3 is 5.97 Å². The highest BCUT2D eigenvalue weighted by atomic mass is 35.5. The number of carbonyl (C=O) groups is 1. The maximum atomic E-state index is 12.7. The minimum Gasteiger partial charge on any atom is -0.425 e. The predicted molar refractivity (Wildman–Crippen MR) is 89.6 cm³/mol. The van der Waals surface area contributed by atoms with Crippen LogP contribution in [-0.2, 0) is 28.5 Å². The molecule has 1 aromatic carbocycles. The summed E-state index contributed by atoms with van der Waals surface area (Å²) in [6.07, 6.45) is -3.41. The van der Waals surface area contributed by atoms with Crippen LogP contribution < -0.4 is 4.74 Å². The van der Waals surface area contributed by atoms with Gasteiger partial charge in [0.1, 0.15) is 24.1 Å². The number of benzene rings is 1. The number of fused-ring (bicyclic) bond motifs is 3. The van der Waals surface area contributed by atoms with Gasteiger partial charge < -0.3 is 28.4 Å². The summed E-state index contributed by atoms with van der Waals surface area (Å²) in [6.45, 7) is 7.13. The van der Waals surface area contributed by atoms with E-state index >= 15 is 0 Å². The van der Waals surface area contributed by atoms with Gasteiger partial charge in [-0.2, -0.15) is 0 Å². The van der Waals surface area contributed by atoms with E-state index in [2.05, 4.69) is 0 Å². The van der Waals surface area contributed by atoms with E-state index in [4.69, 9.17) is 40.0 Å². The molecule has 4 rings (SSSR count). The van der Waals surface area contributed by atoms with E-state index in [0.717, 1.165) is 0 Å². The van der Waals surface area contributed by atoms with Crippen LogP contribution in [0.25, 0.3) is 0 Å². The number of hydrogen-bond donors (Lipinski definition) is 0. The molecule has 3 fully saturated rings. The number of hydrogen-bond acceptors (Lipinski definition) is 7. The molecule has 0 spiro atoms. The molecule has 7 nitrogen and oxygen atoms in total. The van der Waals surface area contributed by atoms with Crippen molar-refractivity contribution in [3.05, 3.63) is 29.3 Å². The van der Waals surface area contributed by atoms with Gasteiger partial charge in [-0.25, -0.2) is 4.79 Å². The first-order valence-electron chi connectivity index (χ1n) is 8.48. The van der Waals surface area contributed by atoms with E-state index in [1.807, 2.05) is 0 Å². The van der Waals surface area contributed by atoms with Gasteiger partial charge in [-0.1, -0.05) is 11.6 Å². The zero-order valence-corrected chi connectivity index (χ0v) is 15.7. The van der Waals surface area contributed by atoms with Crippen LogP contribution >= 0.6 is 11.6 Å². The summed E-state index contributed by atoms with van der Waals surface area (Å²) in [5.41, 5.74) is 0. The monoisotopic (exact) mass is 384 g/mol. The van der Waals surface area contributed by atoms with Gasteiger partial charge in [0.15, 0.2) is 24.0 Å². The van der Waals surface area contributed by atoms with Gasteiger partial charge in [0.25, 0.3) is 0 Å². The van der Waals surface area contributed by atoms with Gasteiger partial charge in [-0.3, -0.25) is 0 Å². The van der Waals surface area contributed by atoms with Gasteiger partial charge in [-0.05, 0) is 52.0 Å². The molecule has 142 valence electrons. The van der Waals surface area contributed by atoms with Crippen molar-refractivity contribution in [2.75, 3.05) is 0 Å². The molecule has 5 atom stereocenters. The molecule has 3 aliphatic rings. The minimum atomic E-state index is -1.00. The average molecular weight is 385 g/mol. The fourth-order valence-corrected chi connectivity index (χ4v) is 3.60. The molecule has 8 heteroatoms. The Hall–Kier alpha value is -1.22. The molecule has 0 unspecified atom stereocenters. The van der Waals surface area contributed by atoms with Crippen LogP contribution in [0.1, 0.15) is 27.7 Å². The van der Waals surface area contributed by atoms with Crippen molar-refractivity contribution >= 4 is 17.6 Å². The summed E-state index contributed by atoms with van der Waals surface area (Å²) < 4.78 is 34.8. The Morgan fingerprint density at radius 3 is 2.19 bits per heavy atom. The fraction of sp³-hybridized carbons (Fsp3) is 0.611. The molecule has 3 saturated heterocycles. The highest BCUT2D eigenvalue weighted by Crippen LogP contribution is 2.44. The minimum absolute atomic E-state index is 0.365. The van der Waals surface area contributed by atoms with Gasteiger partial charge in [-0.15, -0.1) is 0 Å². The topological polar surface area (TPSA) is 72.5 Å². The molecule has 0 saturated carbocycles. The lowest BCUT2D eigenvalue weighted by atomic mass is 9.99. The van der Waals surface area contributed by atoms with Crippen LogP contribution in [0.3, 0.4) is 0 Å². The van der Waals surface area contributed by atoms with Crippen LogP contribution in [0.4, 0.5) is 0 Å². The van der Waals surface area contributed by atoms with Gasteiger partial charge in [0.05, 0.1) is 0 Å². The molecule has 0 amide bonds. The highest BCUT2D eigenvalue weighted by molar-refractivity contribution is 6.30. The quantitative estimate of drug-likeness (QED) is 0.573. The Kier molecular flexibility index (Phi) is 4.30. The number of halogens is 1. The third kappa shape index (κ3) is 3.35. The lowest BCUT2D eigenvalue weighted by Gasteiger charge is -2.35. The first kappa shape index (κ1) is 18.2. The Morgan fingerprint density at radius 2 is 1.50 bits per heavy atom. The number of carbonyl (C=O) groups excluding carboxylic acids is 1. The van der Waals surface area contributed by atoms with Crippen LogP contribution in [0.2, 0.25) is 5.02 Å². The summed E-state index contributed by atoms with van der Waals surface area (Å²) in [7, 11) is 0. The van der Waals surface area contributed by atoms with E-state index < -0.39 is 48.2 Å². The SMILES string of the molecule is CC1(C)O[C@@H]2O[C@@H](C(=O)Oc3ccc(Cl)cc3)[C@H]3OC(C)(C)O[C@@H]3[C@H]2O1. The molecular weight excluding hydrogens is 364 g/mol. The standard InChI is InChI=1S/C18H21ClO7/c1-17(2)23-11-12(24-17)14-16(26-18(3,4)25-14)22-13(11)15(20)21-10-7-5-9(19)6-8-10/h5-8,11-14,16H,1-4H3/t11-,12-,13+,14+,16-/m0/s1. The summed E-state index contributed by atoms with van der Waals surface area (Å²) in [5.74, 6) is -1.94. The van der Waals surface area contributed by atoms with Crippen LogP contribution in [-0.4, -0.2) is 48.2 Å². The van der Waals surface area contributed by atoms with E-state index in [1.165, 1.54) is 0 Å². The Labute approximate surface area is 156 Å². The first-order valence-corrected chi connectivity index (χ1v) is 8.85. The van der Waals surface area contributed by atoms with Crippen molar-refractivity contribution in [2.24, 2.45) is 0 Å². The lowest BCUT2D eigenvalue weighted by molar-refractivity contribution is -0.236. The van der Waals surface area contributed by atoms with Crippen molar-refractivity contribution < 1.29 is 33.2 Å². The van der Waals surface area contributed by atoms with Crippen molar-refractivity contribution in [3.8, 4) is 5.75 Å². The van der Waals surface area contributed by atoms with Gasteiger partial charge in [0.2, 0.25) is 0 Å². The van der Waals surface area contributed by atoms with Crippen molar-refractivity contribution in [2.45, 2.75) is 70.0 Å².